The molecular weight excluding hydrogens is 210 g/mol. The molecule has 2 aromatic heterocycles. The molecule has 0 amide bonds. The Morgan fingerprint density at radius 1 is 1.53 bits per heavy atom. The van der Waals surface area contributed by atoms with E-state index in [0.29, 0.717) is 10.6 Å². The highest BCUT2D eigenvalue weighted by molar-refractivity contribution is 7.71. The average Bonchev–Trinajstić information content (AvgIpc) is 2.58. The van der Waals surface area contributed by atoms with Gasteiger partial charge in [0.25, 0.3) is 0 Å². The van der Waals surface area contributed by atoms with Crippen LogP contribution in [0.4, 0.5) is 0 Å². The van der Waals surface area contributed by atoms with E-state index in [1.807, 2.05) is 25.1 Å². The van der Waals surface area contributed by atoms with Crippen LogP contribution in [0, 0.1) is 11.7 Å². The van der Waals surface area contributed by atoms with Crippen LogP contribution in [-0.2, 0) is 0 Å². The molecule has 0 fully saturated rings. The van der Waals surface area contributed by atoms with Gasteiger partial charge in [0, 0.05) is 6.20 Å². The van der Waals surface area contributed by atoms with Crippen LogP contribution in [0.25, 0.3) is 0 Å². The summed E-state index contributed by atoms with van der Waals surface area (Å²) in [5.41, 5.74) is 0.778. The van der Waals surface area contributed by atoms with Crippen molar-refractivity contribution in [2.45, 2.75) is 6.92 Å². The van der Waals surface area contributed by atoms with Crippen LogP contribution in [0.3, 0.4) is 0 Å². The topological polar surface area (TPSA) is 58.9 Å². The minimum atomic E-state index is 0.472. The molecule has 2 aromatic rings. The maximum absolute atomic E-state index is 5.00. The quantitative estimate of drug-likeness (QED) is 0.615. The second kappa shape index (κ2) is 4.14. The van der Waals surface area contributed by atoms with Crippen molar-refractivity contribution < 1.29 is 0 Å². The van der Waals surface area contributed by atoms with Gasteiger partial charge in [0.1, 0.15) is 5.82 Å². The smallest absolute Gasteiger partial charge is 0.216 e. The third kappa shape index (κ3) is 2.16. The Morgan fingerprint density at radius 3 is 3.00 bits per heavy atom. The largest absolute Gasteiger partial charge is 0.255 e. The highest BCUT2D eigenvalue weighted by atomic mass is 32.1. The Hall–Kier alpha value is -1.82. The van der Waals surface area contributed by atoms with Crippen molar-refractivity contribution in [2.75, 3.05) is 0 Å². The zero-order valence-corrected chi connectivity index (χ0v) is 8.90. The molecule has 5 nitrogen and oxygen atoms in total. The fourth-order valence-electron chi connectivity index (χ4n) is 1.08. The molecular formula is C9H9N5S. The molecule has 6 heteroatoms. The molecule has 0 unspecified atom stereocenters. The molecule has 0 saturated carbocycles. The summed E-state index contributed by atoms with van der Waals surface area (Å²) in [5, 5.41) is 10.8. The molecule has 0 aliphatic rings. The number of H-pyrrole nitrogens is 1. The van der Waals surface area contributed by atoms with Gasteiger partial charge in [0.2, 0.25) is 4.77 Å². The SMILES string of the molecule is Cc1n[nH]c(=S)n1/N=C\c1ccccn1. The lowest BCUT2D eigenvalue weighted by Gasteiger charge is -1.93. The first-order valence-corrected chi connectivity index (χ1v) is 4.77. The number of aromatic amines is 1. The van der Waals surface area contributed by atoms with E-state index in [2.05, 4.69) is 20.3 Å². The normalized spacial score (nSPS) is 11.0. The van der Waals surface area contributed by atoms with Crippen molar-refractivity contribution in [3.8, 4) is 0 Å². The lowest BCUT2D eigenvalue weighted by Crippen LogP contribution is -1.94. The van der Waals surface area contributed by atoms with Gasteiger partial charge >= 0.3 is 0 Å². The third-order valence-electron chi connectivity index (χ3n) is 1.81. The van der Waals surface area contributed by atoms with Crippen molar-refractivity contribution in [1.29, 1.82) is 0 Å². The van der Waals surface area contributed by atoms with Gasteiger partial charge in [-0.25, -0.2) is 0 Å². The maximum atomic E-state index is 5.00. The lowest BCUT2D eigenvalue weighted by atomic mass is 10.4. The monoisotopic (exact) mass is 219 g/mol. The summed E-state index contributed by atoms with van der Waals surface area (Å²) < 4.78 is 2.02. The van der Waals surface area contributed by atoms with Crippen molar-refractivity contribution in [3.63, 3.8) is 0 Å². The van der Waals surface area contributed by atoms with Crippen LogP contribution in [-0.4, -0.2) is 26.1 Å². The van der Waals surface area contributed by atoms with E-state index < -0.39 is 0 Å². The molecule has 0 spiro atoms. The zero-order chi connectivity index (χ0) is 10.7. The number of aromatic nitrogens is 4. The Kier molecular flexibility index (Phi) is 2.68. The number of hydrogen-bond donors (Lipinski definition) is 1. The standard InChI is InChI=1S/C9H9N5S/c1-7-12-13-9(15)14(7)11-6-8-4-2-3-5-10-8/h2-6H,1H3,(H,13,15)/b11-6-. The average molecular weight is 219 g/mol. The predicted molar refractivity (Wildman–Crippen MR) is 59.4 cm³/mol. The molecule has 0 aliphatic carbocycles. The first-order valence-electron chi connectivity index (χ1n) is 4.37. The summed E-state index contributed by atoms with van der Waals surface area (Å²) in [4.78, 5) is 4.11. The van der Waals surface area contributed by atoms with E-state index in [9.17, 15) is 0 Å². The molecule has 0 atom stereocenters. The van der Waals surface area contributed by atoms with Crippen LogP contribution in [0.5, 0.6) is 0 Å². The van der Waals surface area contributed by atoms with Gasteiger partial charge in [0.15, 0.2) is 0 Å². The van der Waals surface area contributed by atoms with E-state index in [1.165, 1.54) is 0 Å². The fraction of sp³-hybridized carbons (Fsp3) is 0.111. The molecule has 15 heavy (non-hydrogen) atoms. The molecule has 0 bridgehead atoms. The number of nitrogens with one attached hydrogen (secondary N) is 1. The van der Waals surface area contributed by atoms with E-state index in [-0.39, 0.29) is 0 Å². The molecule has 1 N–H and O–H groups in total. The molecule has 2 rings (SSSR count). The molecule has 0 aromatic carbocycles. The Labute approximate surface area is 91.5 Å². The van der Waals surface area contributed by atoms with Gasteiger partial charge in [-0.15, -0.1) is 0 Å². The van der Waals surface area contributed by atoms with Gasteiger partial charge in [-0.2, -0.15) is 14.9 Å². The fourth-order valence-corrected chi connectivity index (χ4v) is 1.30. The lowest BCUT2D eigenvalue weighted by molar-refractivity contribution is 0.820. The maximum Gasteiger partial charge on any atom is 0.216 e. The zero-order valence-electron chi connectivity index (χ0n) is 8.08. The van der Waals surface area contributed by atoms with Gasteiger partial charge in [-0.3, -0.25) is 10.1 Å². The Bertz CT molecular complexity index is 525. The number of rotatable bonds is 2. The van der Waals surface area contributed by atoms with Gasteiger partial charge in [-0.1, -0.05) is 6.07 Å². The second-order valence-corrected chi connectivity index (χ2v) is 3.27. The van der Waals surface area contributed by atoms with Crippen LogP contribution in [0.1, 0.15) is 11.5 Å². The molecule has 0 saturated heterocycles. The number of aryl methyl sites for hydroxylation is 1. The summed E-state index contributed by atoms with van der Waals surface area (Å²) in [5.74, 6) is 0.715. The van der Waals surface area contributed by atoms with Gasteiger partial charge < -0.3 is 0 Å². The van der Waals surface area contributed by atoms with E-state index in [0.717, 1.165) is 5.69 Å². The van der Waals surface area contributed by atoms with Crippen molar-refractivity contribution in [2.24, 2.45) is 5.10 Å². The first kappa shape index (κ1) is 9.72. The summed E-state index contributed by atoms with van der Waals surface area (Å²) >= 11 is 5.00. The van der Waals surface area contributed by atoms with Gasteiger partial charge in [-0.05, 0) is 31.3 Å². The minimum absolute atomic E-state index is 0.472. The van der Waals surface area contributed by atoms with Crippen LogP contribution in [0.15, 0.2) is 29.5 Å². The summed E-state index contributed by atoms with van der Waals surface area (Å²) in [6, 6.07) is 5.62. The predicted octanol–water partition coefficient (Wildman–Crippen LogP) is 1.53. The van der Waals surface area contributed by atoms with E-state index in [1.54, 1.807) is 17.1 Å². The van der Waals surface area contributed by atoms with Crippen LogP contribution < -0.4 is 0 Å². The summed E-state index contributed by atoms with van der Waals surface area (Å²) in [6.07, 6.45) is 3.35. The van der Waals surface area contributed by atoms with E-state index in [4.69, 9.17) is 12.2 Å². The highest BCUT2D eigenvalue weighted by Crippen LogP contribution is 1.95. The Balaban J connectivity index is 2.30. The second-order valence-electron chi connectivity index (χ2n) is 2.89. The van der Waals surface area contributed by atoms with E-state index >= 15 is 0 Å². The summed E-state index contributed by atoms with van der Waals surface area (Å²) in [7, 11) is 0. The van der Waals surface area contributed by atoms with Crippen LogP contribution >= 0.6 is 12.2 Å². The van der Waals surface area contributed by atoms with Crippen molar-refractivity contribution >= 4 is 18.4 Å². The van der Waals surface area contributed by atoms with Crippen molar-refractivity contribution in [3.05, 3.63) is 40.7 Å². The minimum Gasteiger partial charge on any atom is -0.255 e. The molecule has 0 radical (unpaired) electrons. The molecule has 76 valence electrons. The number of nitrogens with zero attached hydrogens (tertiary/aromatic N) is 4. The summed E-state index contributed by atoms with van der Waals surface area (Å²) in [6.45, 7) is 1.82. The van der Waals surface area contributed by atoms with Crippen molar-refractivity contribution in [1.82, 2.24) is 19.9 Å². The molecule has 0 aliphatic heterocycles. The Morgan fingerprint density at radius 2 is 2.40 bits per heavy atom. The first-order chi connectivity index (χ1) is 7.27. The highest BCUT2D eigenvalue weighted by Gasteiger charge is 1.96. The number of pyridine rings is 1. The van der Waals surface area contributed by atoms with Gasteiger partial charge in [0.05, 0.1) is 11.9 Å². The third-order valence-corrected chi connectivity index (χ3v) is 2.07. The number of hydrogen-bond acceptors (Lipinski definition) is 4. The molecule has 2 heterocycles. The van der Waals surface area contributed by atoms with Crippen LogP contribution in [0.2, 0.25) is 0 Å².